The Morgan fingerprint density at radius 3 is 2.94 bits per heavy atom. The van der Waals surface area contributed by atoms with Gasteiger partial charge in [0.15, 0.2) is 0 Å². The topological polar surface area (TPSA) is 64.3 Å². The molecule has 0 aromatic carbocycles. The fraction of sp³-hybridized carbons (Fsp3) is 0.917. The summed E-state index contributed by atoms with van der Waals surface area (Å²) in [4.78, 5) is 11.8. The summed E-state index contributed by atoms with van der Waals surface area (Å²) < 4.78 is 4.90. The molecule has 4 nitrogen and oxygen atoms in total. The number of carbonyl (C=O) groups excluding carboxylic acids is 1. The average Bonchev–Trinajstić information content (AvgIpc) is 2.28. The normalized spacial score (nSPS) is 27.4. The van der Waals surface area contributed by atoms with E-state index in [0.29, 0.717) is 19.1 Å². The van der Waals surface area contributed by atoms with Crippen molar-refractivity contribution < 1.29 is 9.53 Å². The van der Waals surface area contributed by atoms with E-state index in [9.17, 15) is 4.79 Å². The summed E-state index contributed by atoms with van der Waals surface area (Å²) in [5, 5.41) is 2.89. The Kier molecular flexibility index (Phi) is 5.77. The van der Waals surface area contributed by atoms with Crippen LogP contribution < -0.4 is 11.1 Å². The molecule has 1 aliphatic rings. The molecule has 3 N–H and O–H groups in total. The van der Waals surface area contributed by atoms with Gasteiger partial charge in [0.2, 0.25) is 5.91 Å². The van der Waals surface area contributed by atoms with Crippen molar-refractivity contribution in [3.63, 3.8) is 0 Å². The molecule has 0 bridgehead atoms. The molecule has 94 valence electrons. The highest BCUT2D eigenvalue weighted by molar-refractivity contribution is 5.78. The number of carbonyl (C=O) groups is 1. The van der Waals surface area contributed by atoms with Gasteiger partial charge in [0.1, 0.15) is 0 Å². The van der Waals surface area contributed by atoms with Crippen LogP contribution in [0.5, 0.6) is 0 Å². The minimum Gasteiger partial charge on any atom is -0.383 e. The van der Waals surface area contributed by atoms with Crippen LogP contribution in [0.3, 0.4) is 0 Å². The molecule has 0 spiro atoms. The third kappa shape index (κ3) is 4.10. The number of hydrogen-bond acceptors (Lipinski definition) is 3. The van der Waals surface area contributed by atoms with Gasteiger partial charge >= 0.3 is 0 Å². The Morgan fingerprint density at radius 1 is 1.56 bits per heavy atom. The summed E-state index contributed by atoms with van der Waals surface area (Å²) in [6, 6.07) is 0.285. The molecule has 0 aromatic heterocycles. The molecule has 1 amide bonds. The molecular weight excluding hydrogens is 204 g/mol. The molecule has 0 saturated heterocycles. The van der Waals surface area contributed by atoms with E-state index < -0.39 is 0 Å². The highest BCUT2D eigenvalue weighted by atomic mass is 16.5. The van der Waals surface area contributed by atoms with Crippen LogP contribution in [0, 0.1) is 11.8 Å². The second-order valence-electron chi connectivity index (χ2n) is 4.76. The zero-order valence-electron chi connectivity index (χ0n) is 10.4. The van der Waals surface area contributed by atoms with Gasteiger partial charge in [-0.05, 0) is 25.2 Å². The van der Waals surface area contributed by atoms with Crippen LogP contribution in [-0.2, 0) is 9.53 Å². The van der Waals surface area contributed by atoms with E-state index in [1.54, 1.807) is 7.11 Å². The predicted molar refractivity (Wildman–Crippen MR) is 64.0 cm³/mol. The van der Waals surface area contributed by atoms with Gasteiger partial charge in [0, 0.05) is 25.6 Å². The quantitative estimate of drug-likeness (QED) is 0.687. The monoisotopic (exact) mass is 228 g/mol. The molecule has 16 heavy (non-hydrogen) atoms. The molecule has 0 heterocycles. The summed E-state index contributed by atoms with van der Waals surface area (Å²) in [5.41, 5.74) is 5.93. The summed E-state index contributed by atoms with van der Waals surface area (Å²) in [6.07, 6.45) is 4.38. The van der Waals surface area contributed by atoms with E-state index in [1.165, 1.54) is 0 Å². The first-order chi connectivity index (χ1) is 7.65. The summed E-state index contributed by atoms with van der Waals surface area (Å²) in [5.74, 6) is 0.658. The summed E-state index contributed by atoms with van der Waals surface area (Å²) in [6.45, 7) is 3.17. The Hall–Kier alpha value is -0.610. The lowest BCUT2D eigenvalue weighted by atomic mass is 9.78. The maximum atomic E-state index is 11.8. The van der Waals surface area contributed by atoms with E-state index in [0.717, 1.165) is 25.7 Å². The van der Waals surface area contributed by atoms with Crippen LogP contribution in [0.4, 0.5) is 0 Å². The van der Waals surface area contributed by atoms with Crippen LogP contribution in [0.25, 0.3) is 0 Å². The zero-order chi connectivity index (χ0) is 12.0. The van der Waals surface area contributed by atoms with E-state index >= 15 is 0 Å². The molecule has 0 radical (unpaired) electrons. The van der Waals surface area contributed by atoms with Gasteiger partial charge in [0.25, 0.3) is 0 Å². The summed E-state index contributed by atoms with van der Waals surface area (Å²) >= 11 is 0. The van der Waals surface area contributed by atoms with Gasteiger partial charge in [0.05, 0.1) is 6.61 Å². The third-order valence-corrected chi connectivity index (χ3v) is 3.48. The Morgan fingerprint density at radius 2 is 2.31 bits per heavy atom. The lowest BCUT2D eigenvalue weighted by Gasteiger charge is -2.30. The van der Waals surface area contributed by atoms with E-state index in [4.69, 9.17) is 10.5 Å². The lowest BCUT2D eigenvalue weighted by Crippen LogP contribution is -2.39. The van der Waals surface area contributed by atoms with Crippen molar-refractivity contribution in [2.45, 2.75) is 38.6 Å². The SMILES string of the molecule is COCCNC(=O)C(C)C1CCCC(N)C1. The molecule has 0 aromatic rings. The van der Waals surface area contributed by atoms with Crippen molar-refractivity contribution in [3.05, 3.63) is 0 Å². The maximum Gasteiger partial charge on any atom is 0.223 e. The first kappa shape index (κ1) is 13.5. The van der Waals surface area contributed by atoms with Gasteiger partial charge in [-0.3, -0.25) is 4.79 Å². The number of nitrogens with two attached hydrogens (primary N) is 1. The Labute approximate surface area is 97.9 Å². The van der Waals surface area contributed by atoms with Crippen LogP contribution in [0.1, 0.15) is 32.6 Å². The number of amides is 1. The van der Waals surface area contributed by atoms with Crippen molar-refractivity contribution in [2.75, 3.05) is 20.3 Å². The Bertz CT molecular complexity index is 221. The molecule has 1 aliphatic carbocycles. The number of methoxy groups -OCH3 is 1. The fourth-order valence-electron chi connectivity index (χ4n) is 2.37. The Balaban J connectivity index is 2.31. The number of ether oxygens (including phenoxy) is 1. The van der Waals surface area contributed by atoms with Gasteiger partial charge in [-0.2, -0.15) is 0 Å². The van der Waals surface area contributed by atoms with Crippen molar-refractivity contribution >= 4 is 5.91 Å². The number of nitrogens with one attached hydrogen (secondary N) is 1. The molecule has 1 saturated carbocycles. The van der Waals surface area contributed by atoms with Crippen molar-refractivity contribution in [3.8, 4) is 0 Å². The maximum absolute atomic E-state index is 11.8. The highest BCUT2D eigenvalue weighted by Crippen LogP contribution is 2.29. The van der Waals surface area contributed by atoms with Crippen molar-refractivity contribution in [1.29, 1.82) is 0 Å². The third-order valence-electron chi connectivity index (χ3n) is 3.48. The molecule has 1 rings (SSSR count). The van der Waals surface area contributed by atoms with Gasteiger partial charge < -0.3 is 15.8 Å². The van der Waals surface area contributed by atoms with Crippen LogP contribution in [0.2, 0.25) is 0 Å². The fourth-order valence-corrected chi connectivity index (χ4v) is 2.37. The van der Waals surface area contributed by atoms with Crippen LogP contribution in [0.15, 0.2) is 0 Å². The van der Waals surface area contributed by atoms with Crippen molar-refractivity contribution in [2.24, 2.45) is 17.6 Å². The first-order valence-electron chi connectivity index (χ1n) is 6.17. The minimum atomic E-state index is 0.0724. The van der Waals surface area contributed by atoms with Gasteiger partial charge in [-0.1, -0.05) is 13.3 Å². The van der Waals surface area contributed by atoms with Gasteiger partial charge in [-0.15, -0.1) is 0 Å². The number of rotatable bonds is 5. The lowest BCUT2D eigenvalue weighted by molar-refractivity contribution is -0.126. The highest BCUT2D eigenvalue weighted by Gasteiger charge is 2.28. The smallest absolute Gasteiger partial charge is 0.223 e. The van der Waals surface area contributed by atoms with Crippen molar-refractivity contribution in [1.82, 2.24) is 5.32 Å². The van der Waals surface area contributed by atoms with E-state index in [-0.39, 0.29) is 17.9 Å². The van der Waals surface area contributed by atoms with E-state index in [1.807, 2.05) is 6.92 Å². The molecule has 0 aliphatic heterocycles. The second kappa shape index (κ2) is 6.86. The molecule has 3 atom stereocenters. The minimum absolute atomic E-state index is 0.0724. The molecule has 4 heteroatoms. The average molecular weight is 228 g/mol. The van der Waals surface area contributed by atoms with Crippen LogP contribution in [-0.4, -0.2) is 32.2 Å². The molecule has 1 fully saturated rings. The first-order valence-corrected chi connectivity index (χ1v) is 6.17. The van der Waals surface area contributed by atoms with E-state index in [2.05, 4.69) is 5.32 Å². The zero-order valence-corrected chi connectivity index (χ0v) is 10.4. The molecular formula is C12H24N2O2. The van der Waals surface area contributed by atoms with Gasteiger partial charge in [-0.25, -0.2) is 0 Å². The predicted octanol–water partition coefficient (Wildman–Crippen LogP) is 0.903. The molecule has 3 unspecified atom stereocenters. The second-order valence-corrected chi connectivity index (χ2v) is 4.76. The van der Waals surface area contributed by atoms with Crippen LogP contribution >= 0.6 is 0 Å². The largest absolute Gasteiger partial charge is 0.383 e. The number of hydrogen-bond donors (Lipinski definition) is 2. The standard InChI is InChI=1S/C12H24N2O2/c1-9(12(15)14-6-7-16-2)10-4-3-5-11(13)8-10/h9-11H,3-8,13H2,1-2H3,(H,14,15). The summed E-state index contributed by atoms with van der Waals surface area (Å²) in [7, 11) is 1.63.